The van der Waals surface area contributed by atoms with Crippen molar-refractivity contribution in [3.8, 4) is 0 Å². The summed E-state index contributed by atoms with van der Waals surface area (Å²) in [6.07, 6.45) is 3.51. The third-order valence-corrected chi connectivity index (χ3v) is 4.85. The topological polar surface area (TPSA) is 57.6 Å². The number of carboxylic acid groups (broad SMARTS) is 1. The van der Waals surface area contributed by atoms with Gasteiger partial charge in [0.15, 0.2) is 0 Å². The Balaban J connectivity index is 1.83. The Hall–Kier alpha value is -1.36. The van der Waals surface area contributed by atoms with Gasteiger partial charge in [-0.2, -0.15) is 0 Å². The van der Waals surface area contributed by atoms with Gasteiger partial charge < -0.3 is 10.0 Å². The second kappa shape index (κ2) is 6.39. The van der Waals surface area contributed by atoms with Gasteiger partial charge >= 0.3 is 5.97 Å². The minimum absolute atomic E-state index is 0.0143. The number of nitrogens with zero attached hydrogens (tertiary/aromatic N) is 1. The summed E-state index contributed by atoms with van der Waals surface area (Å²) in [4.78, 5) is 27.3. The van der Waals surface area contributed by atoms with Crippen molar-refractivity contribution in [3.63, 3.8) is 0 Å². The zero-order valence-corrected chi connectivity index (χ0v) is 12.8. The molecular formula is C15H21NO3S. The molecule has 5 heteroatoms. The molecule has 1 fully saturated rings. The minimum Gasteiger partial charge on any atom is -0.480 e. The van der Waals surface area contributed by atoms with E-state index in [4.69, 9.17) is 5.11 Å². The van der Waals surface area contributed by atoms with Gasteiger partial charge in [0.25, 0.3) is 0 Å². The number of aliphatic carboxylic acids is 1. The molecule has 0 aliphatic carbocycles. The lowest BCUT2D eigenvalue weighted by Gasteiger charge is -2.21. The predicted octanol–water partition coefficient (Wildman–Crippen LogP) is 2.76. The number of thiophene rings is 1. The molecule has 1 aromatic heterocycles. The maximum atomic E-state index is 12.1. The summed E-state index contributed by atoms with van der Waals surface area (Å²) in [6.45, 7) is 4.79. The van der Waals surface area contributed by atoms with Gasteiger partial charge in [-0.3, -0.25) is 4.79 Å². The molecule has 1 aromatic rings. The van der Waals surface area contributed by atoms with E-state index in [1.165, 1.54) is 20.2 Å². The van der Waals surface area contributed by atoms with Crippen LogP contribution in [0, 0.1) is 13.8 Å². The van der Waals surface area contributed by atoms with Gasteiger partial charge in [-0.15, -0.1) is 11.3 Å². The van der Waals surface area contributed by atoms with Gasteiger partial charge in [0.05, 0.1) is 0 Å². The predicted molar refractivity (Wildman–Crippen MR) is 79.1 cm³/mol. The molecule has 1 atom stereocenters. The van der Waals surface area contributed by atoms with Crippen LogP contribution < -0.4 is 0 Å². The number of aryl methyl sites for hydroxylation is 3. The van der Waals surface area contributed by atoms with E-state index in [-0.39, 0.29) is 5.91 Å². The van der Waals surface area contributed by atoms with E-state index in [0.29, 0.717) is 19.4 Å². The van der Waals surface area contributed by atoms with Crippen molar-refractivity contribution in [1.29, 1.82) is 0 Å². The Labute approximate surface area is 123 Å². The molecule has 1 aliphatic heterocycles. The Morgan fingerprint density at radius 1 is 1.45 bits per heavy atom. The standard InChI is InChI=1S/C15H21NO3S/c1-10-9-12(11(2)20-10)5-3-7-14(17)16-8-4-6-13(16)15(18)19/h9,13H,3-8H2,1-2H3,(H,18,19)/t13-/m0/s1. The van der Waals surface area contributed by atoms with Crippen molar-refractivity contribution in [2.24, 2.45) is 0 Å². The molecule has 4 nitrogen and oxygen atoms in total. The lowest BCUT2D eigenvalue weighted by atomic mass is 10.1. The first-order valence-electron chi connectivity index (χ1n) is 7.07. The van der Waals surface area contributed by atoms with Crippen molar-refractivity contribution >= 4 is 23.2 Å². The average molecular weight is 295 g/mol. The van der Waals surface area contributed by atoms with Crippen LogP contribution in [0.4, 0.5) is 0 Å². The maximum Gasteiger partial charge on any atom is 0.326 e. The van der Waals surface area contributed by atoms with Crippen molar-refractivity contribution in [2.75, 3.05) is 6.54 Å². The highest BCUT2D eigenvalue weighted by molar-refractivity contribution is 7.12. The largest absolute Gasteiger partial charge is 0.480 e. The highest BCUT2D eigenvalue weighted by atomic mass is 32.1. The van der Waals surface area contributed by atoms with Crippen molar-refractivity contribution in [1.82, 2.24) is 4.90 Å². The second-order valence-corrected chi connectivity index (χ2v) is 6.84. The van der Waals surface area contributed by atoms with Crippen LogP contribution in [0.1, 0.15) is 41.0 Å². The quantitative estimate of drug-likeness (QED) is 0.908. The highest BCUT2D eigenvalue weighted by Gasteiger charge is 2.33. The molecule has 0 bridgehead atoms. The number of likely N-dealkylation sites (tertiary alicyclic amines) is 1. The molecule has 1 saturated heterocycles. The summed E-state index contributed by atoms with van der Waals surface area (Å²) in [7, 11) is 0. The molecule has 2 heterocycles. The van der Waals surface area contributed by atoms with Crippen molar-refractivity contribution < 1.29 is 14.7 Å². The summed E-state index contributed by atoms with van der Waals surface area (Å²) in [5.74, 6) is -0.889. The lowest BCUT2D eigenvalue weighted by Crippen LogP contribution is -2.40. The van der Waals surface area contributed by atoms with Gasteiger partial charge in [-0.05, 0) is 51.2 Å². The van der Waals surface area contributed by atoms with E-state index in [9.17, 15) is 9.59 Å². The average Bonchev–Trinajstić information content (AvgIpc) is 2.96. The van der Waals surface area contributed by atoms with Crippen molar-refractivity contribution in [3.05, 3.63) is 21.4 Å². The number of carbonyl (C=O) groups excluding carboxylic acids is 1. The van der Waals surface area contributed by atoms with E-state index in [0.717, 1.165) is 19.3 Å². The van der Waals surface area contributed by atoms with Gasteiger partial charge in [-0.25, -0.2) is 4.79 Å². The van der Waals surface area contributed by atoms with Gasteiger partial charge in [0.1, 0.15) is 6.04 Å². The smallest absolute Gasteiger partial charge is 0.326 e. The van der Waals surface area contributed by atoms with Gasteiger partial charge in [0, 0.05) is 22.7 Å². The van der Waals surface area contributed by atoms with Crippen LogP contribution in [0.5, 0.6) is 0 Å². The van der Waals surface area contributed by atoms with Gasteiger partial charge in [-0.1, -0.05) is 0 Å². The Morgan fingerprint density at radius 3 is 2.80 bits per heavy atom. The summed E-state index contributed by atoms with van der Waals surface area (Å²) < 4.78 is 0. The first-order chi connectivity index (χ1) is 9.49. The van der Waals surface area contributed by atoms with Crippen LogP contribution >= 0.6 is 11.3 Å². The van der Waals surface area contributed by atoms with Crippen LogP contribution in [0.25, 0.3) is 0 Å². The van der Waals surface area contributed by atoms with Crippen LogP contribution in [-0.4, -0.2) is 34.5 Å². The number of carboxylic acids is 1. The summed E-state index contributed by atoms with van der Waals surface area (Å²) in [5, 5.41) is 9.08. The number of hydrogen-bond donors (Lipinski definition) is 1. The molecule has 0 spiro atoms. The number of hydrogen-bond acceptors (Lipinski definition) is 3. The third-order valence-electron chi connectivity index (χ3n) is 3.84. The molecule has 1 aliphatic rings. The fraction of sp³-hybridized carbons (Fsp3) is 0.600. The molecule has 110 valence electrons. The molecule has 1 N–H and O–H groups in total. The van der Waals surface area contributed by atoms with Crippen LogP contribution in [0.2, 0.25) is 0 Å². The highest BCUT2D eigenvalue weighted by Crippen LogP contribution is 2.23. The summed E-state index contributed by atoms with van der Waals surface area (Å²) in [6, 6.07) is 1.58. The summed E-state index contributed by atoms with van der Waals surface area (Å²) >= 11 is 1.78. The molecule has 0 unspecified atom stereocenters. The molecule has 20 heavy (non-hydrogen) atoms. The molecular weight excluding hydrogens is 274 g/mol. The Bertz CT molecular complexity index is 509. The lowest BCUT2D eigenvalue weighted by molar-refractivity contribution is -0.148. The fourth-order valence-corrected chi connectivity index (χ4v) is 3.80. The van der Waals surface area contributed by atoms with Crippen LogP contribution in [-0.2, 0) is 16.0 Å². The summed E-state index contributed by atoms with van der Waals surface area (Å²) in [5.41, 5.74) is 1.32. The molecule has 0 aromatic carbocycles. The van der Waals surface area contributed by atoms with Crippen LogP contribution in [0.15, 0.2) is 6.07 Å². The first-order valence-corrected chi connectivity index (χ1v) is 7.89. The molecule has 0 radical (unpaired) electrons. The molecule has 0 saturated carbocycles. The monoisotopic (exact) mass is 295 g/mol. The van der Waals surface area contributed by atoms with E-state index >= 15 is 0 Å². The fourth-order valence-electron chi connectivity index (χ4n) is 2.83. The first kappa shape index (κ1) is 15.0. The SMILES string of the molecule is Cc1cc(CCCC(=O)N2CCC[C@H]2C(=O)O)c(C)s1. The van der Waals surface area contributed by atoms with E-state index < -0.39 is 12.0 Å². The molecule has 1 amide bonds. The number of carbonyl (C=O) groups is 2. The maximum absolute atomic E-state index is 12.1. The van der Waals surface area contributed by atoms with E-state index in [1.807, 2.05) is 0 Å². The Kier molecular flexibility index (Phi) is 4.81. The Morgan fingerprint density at radius 2 is 2.20 bits per heavy atom. The minimum atomic E-state index is -0.875. The number of amides is 1. The number of rotatable bonds is 5. The zero-order chi connectivity index (χ0) is 14.7. The molecule has 2 rings (SSSR count). The van der Waals surface area contributed by atoms with E-state index in [1.54, 1.807) is 11.3 Å². The second-order valence-electron chi connectivity index (χ2n) is 5.38. The van der Waals surface area contributed by atoms with E-state index in [2.05, 4.69) is 19.9 Å². The van der Waals surface area contributed by atoms with Gasteiger partial charge in [0.2, 0.25) is 5.91 Å². The van der Waals surface area contributed by atoms with Crippen molar-refractivity contribution in [2.45, 2.75) is 52.0 Å². The van der Waals surface area contributed by atoms with Crippen LogP contribution in [0.3, 0.4) is 0 Å². The third kappa shape index (κ3) is 3.39. The normalized spacial score (nSPS) is 18.5. The zero-order valence-electron chi connectivity index (χ0n) is 12.0.